The molecule has 33 heavy (non-hydrogen) atoms. The van der Waals surface area contributed by atoms with Crippen LogP contribution in [0.3, 0.4) is 0 Å². The Morgan fingerprint density at radius 3 is 2.67 bits per heavy atom. The minimum absolute atomic E-state index is 0.152. The SMILES string of the molecule is CC(C)(Oc1ccc(-n2cccn2)cn1)/C(=N\C#N)NC1C2CC3CC1CC(C(N)=O)(C3)C2. The second-order valence-corrected chi connectivity index (χ2v) is 10.3. The number of amidine groups is 1. The molecule has 4 fully saturated rings. The number of carbonyl (C=O) groups excluding carboxylic acids is 1. The van der Waals surface area contributed by atoms with Crippen molar-refractivity contribution < 1.29 is 9.53 Å². The number of nitriles is 1. The van der Waals surface area contributed by atoms with E-state index >= 15 is 0 Å². The van der Waals surface area contributed by atoms with Gasteiger partial charge in [0.25, 0.3) is 0 Å². The maximum absolute atomic E-state index is 12.2. The normalized spacial score (nSPS) is 30.6. The molecule has 3 N–H and O–H groups in total. The van der Waals surface area contributed by atoms with E-state index in [1.165, 1.54) is 0 Å². The summed E-state index contributed by atoms with van der Waals surface area (Å²) in [5.41, 5.74) is 5.40. The van der Waals surface area contributed by atoms with Crippen molar-refractivity contribution in [1.82, 2.24) is 20.1 Å². The zero-order valence-electron chi connectivity index (χ0n) is 18.9. The maximum atomic E-state index is 12.2. The topological polar surface area (TPSA) is 131 Å². The summed E-state index contributed by atoms with van der Waals surface area (Å²) in [6.07, 6.45) is 11.9. The molecule has 2 atom stereocenters. The molecule has 2 aromatic rings. The second-order valence-electron chi connectivity index (χ2n) is 10.3. The Morgan fingerprint density at radius 1 is 1.33 bits per heavy atom. The van der Waals surface area contributed by atoms with E-state index in [1.54, 1.807) is 23.1 Å². The Kier molecular flexibility index (Phi) is 5.11. The molecule has 4 bridgehead atoms. The van der Waals surface area contributed by atoms with Crippen LogP contribution in [0, 0.1) is 34.6 Å². The van der Waals surface area contributed by atoms with Gasteiger partial charge in [0.1, 0.15) is 0 Å². The molecule has 1 amide bonds. The van der Waals surface area contributed by atoms with Crippen LogP contribution < -0.4 is 15.8 Å². The first-order valence-electron chi connectivity index (χ1n) is 11.5. The monoisotopic (exact) mass is 447 g/mol. The molecule has 0 saturated heterocycles. The molecular weight excluding hydrogens is 418 g/mol. The highest BCUT2D eigenvalue weighted by molar-refractivity contribution is 5.91. The molecule has 2 unspecified atom stereocenters. The lowest BCUT2D eigenvalue weighted by Gasteiger charge is -2.59. The average Bonchev–Trinajstić information content (AvgIpc) is 3.30. The lowest BCUT2D eigenvalue weighted by molar-refractivity contribution is -0.145. The Labute approximate surface area is 193 Å². The summed E-state index contributed by atoms with van der Waals surface area (Å²) in [4.78, 5) is 20.8. The van der Waals surface area contributed by atoms with Gasteiger partial charge < -0.3 is 15.8 Å². The maximum Gasteiger partial charge on any atom is 0.223 e. The summed E-state index contributed by atoms with van der Waals surface area (Å²) in [5, 5.41) is 17.1. The van der Waals surface area contributed by atoms with E-state index in [2.05, 4.69) is 20.4 Å². The summed E-state index contributed by atoms with van der Waals surface area (Å²) >= 11 is 0. The van der Waals surface area contributed by atoms with Gasteiger partial charge >= 0.3 is 0 Å². The molecule has 0 aromatic carbocycles. The van der Waals surface area contributed by atoms with Crippen molar-refractivity contribution >= 4 is 11.7 Å². The van der Waals surface area contributed by atoms with Gasteiger partial charge in [0, 0.05) is 29.9 Å². The minimum atomic E-state index is -0.897. The summed E-state index contributed by atoms with van der Waals surface area (Å²) in [6, 6.07) is 5.65. The molecule has 2 aromatic heterocycles. The Bertz CT molecular complexity index is 1080. The number of primary amides is 1. The molecular formula is C24H29N7O2. The van der Waals surface area contributed by atoms with E-state index in [-0.39, 0.29) is 17.4 Å². The van der Waals surface area contributed by atoms with E-state index in [1.807, 2.05) is 38.4 Å². The number of rotatable bonds is 6. The van der Waals surface area contributed by atoms with Crippen LogP contribution in [0.15, 0.2) is 41.8 Å². The van der Waals surface area contributed by atoms with E-state index < -0.39 is 5.60 Å². The molecule has 0 spiro atoms. The van der Waals surface area contributed by atoms with E-state index in [9.17, 15) is 10.1 Å². The van der Waals surface area contributed by atoms with Crippen molar-refractivity contribution in [3.63, 3.8) is 0 Å². The molecule has 9 nitrogen and oxygen atoms in total. The minimum Gasteiger partial charge on any atom is -0.463 e. The molecule has 0 aliphatic heterocycles. The third kappa shape index (κ3) is 3.84. The number of ether oxygens (including phenoxy) is 1. The van der Waals surface area contributed by atoms with E-state index in [0.29, 0.717) is 29.5 Å². The largest absolute Gasteiger partial charge is 0.463 e. The number of aliphatic imine (C=N–C) groups is 1. The zero-order chi connectivity index (χ0) is 23.2. The van der Waals surface area contributed by atoms with Crippen LogP contribution in [0.2, 0.25) is 0 Å². The Balaban J connectivity index is 1.32. The van der Waals surface area contributed by atoms with Crippen molar-refractivity contribution in [3.8, 4) is 17.8 Å². The molecule has 2 heterocycles. The number of carbonyl (C=O) groups is 1. The molecule has 4 aliphatic rings. The fourth-order valence-electron chi connectivity index (χ4n) is 6.41. The fraction of sp³-hybridized carbons (Fsp3) is 0.542. The van der Waals surface area contributed by atoms with Gasteiger partial charge in [-0.2, -0.15) is 15.4 Å². The molecule has 4 saturated carbocycles. The number of nitrogens with one attached hydrogen (secondary N) is 1. The molecule has 4 aliphatic carbocycles. The number of amides is 1. The first-order chi connectivity index (χ1) is 15.8. The van der Waals surface area contributed by atoms with Gasteiger partial charge in [0.15, 0.2) is 11.4 Å². The number of hydrogen-bond donors (Lipinski definition) is 2. The number of nitrogens with two attached hydrogens (primary N) is 1. The van der Waals surface area contributed by atoms with Gasteiger partial charge in [0.2, 0.25) is 18.0 Å². The number of aromatic nitrogens is 3. The van der Waals surface area contributed by atoms with Crippen LogP contribution >= 0.6 is 0 Å². The molecule has 9 heteroatoms. The van der Waals surface area contributed by atoms with Crippen LogP contribution in [-0.2, 0) is 4.79 Å². The summed E-state index contributed by atoms with van der Waals surface area (Å²) in [7, 11) is 0. The van der Waals surface area contributed by atoms with Crippen molar-refractivity contribution in [2.24, 2.45) is 33.9 Å². The Hall–Kier alpha value is -3.41. The van der Waals surface area contributed by atoms with Crippen molar-refractivity contribution in [3.05, 3.63) is 36.8 Å². The molecule has 172 valence electrons. The van der Waals surface area contributed by atoms with Gasteiger partial charge in [-0.3, -0.25) is 4.79 Å². The fourth-order valence-corrected chi connectivity index (χ4v) is 6.41. The lowest BCUT2D eigenvalue weighted by atomic mass is 9.47. The average molecular weight is 448 g/mol. The predicted molar refractivity (Wildman–Crippen MR) is 121 cm³/mol. The highest BCUT2D eigenvalue weighted by Gasteiger charge is 2.58. The first kappa shape index (κ1) is 21.4. The first-order valence-corrected chi connectivity index (χ1v) is 11.5. The van der Waals surface area contributed by atoms with Gasteiger partial charge in [-0.05, 0) is 75.8 Å². The van der Waals surface area contributed by atoms with Crippen LogP contribution in [0.4, 0.5) is 0 Å². The number of hydrogen-bond acceptors (Lipinski definition) is 6. The van der Waals surface area contributed by atoms with Crippen LogP contribution in [-0.4, -0.2) is 38.2 Å². The number of pyridine rings is 1. The highest BCUT2D eigenvalue weighted by Crippen LogP contribution is 2.60. The zero-order valence-corrected chi connectivity index (χ0v) is 18.9. The quantitative estimate of drug-likeness (QED) is 0.397. The molecule has 6 rings (SSSR count). The number of nitrogens with zero attached hydrogens (tertiary/aromatic N) is 5. The van der Waals surface area contributed by atoms with Crippen molar-refractivity contribution in [2.75, 3.05) is 0 Å². The summed E-state index contributed by atoms with van der Waals surface area (Å²) in [6.45, 7) is 3.75. The predicted octanol–water partition coefficient (Wildman–Crippen LogP) is 2.57. The third-order valence-electron chi connectivity index (χ3n) is 7.68. The Morgan fingerprint density at radius 2 is 2.09 bits per heavy atom. The summed E-state index contributed by atoms with van der Waals surface area (Å²) in [5.74, 6) is 2.00. The van der Waals surface area contributed by atoms with Crippen molar-refractivity contribution in [1.29, 1.82) is 5.26 Å². The van der Waals surface area contributed by atoms with E-state index in [0.717, 1.165) is 37.8 Å². The van der Waals surface area contributed by atoms with Crippen molar-refractivity contribution in [2.45, 2.75) is 57.6 Å². The van der Waals surface area contributed by atoms with Gasteiger partial charge in [-0.15, -0.1) is 0 Å². The van der Waals surface area contributed by atoms with Crippen LogP contribution in [0.25, 0.3) is 5.69 Å². The smallest absolute Gasteiger partial charge is 0.223 e. The van der Waals surface area contributed by atoms with Gasteiger partial charge in [0.05, 0.1) is 11.9 Å². The second kappa shape index (κ2) is 7.87. The van der Waals surface area contributed by atoms with E-state index in [4.69, 9.17) is 10.5 Å². The molecule has 0 radical (unpaired) electrons. The van der Waals surface area contributed by atoms with Gasteiger partial charge in [-0.25, -0.2) is 9.67 Å². The summed E-state index contributed by atoms with van der Waals surface area (Å²) < 4.78 is 7.90. The lowest BCUT2D eigenvalue weighted by Crippen LogP contribution is -2.64. The highest BCUT2D eigenvalue weighted by atomic mass is 16.5. The van der Waals surface area contributed by atoms with Crippen LogP contribution in [0.5, 0.6) is 5.88 Å². The van der Waals surface area contributed by atoms with Gasteiger partial charge in [-0.1, -0.05) is 0 Å². The standard InChI is InChI=1S/C24H29N7O2/c1-23(2,33-19-5-4-18(13-27-19)31-7-3-6-29-31)22(28-14-25)30-20-16-8-15-9-17(20)12-24(10-15,11-16)21(26)32/h3-7,13,15-17,20H,8-12H2,1-2H3,(H2,26,32)(H,28,30). The van der Waals surface area contributed by atoms with Crippen LogP contribution in [0.1, 0.15) is 46.0 Å². The third-order valence-corrected chi connectivity index (χ3v) is 7.68.